The smallest absolute Gasteiger partial charge is 0.328 e. The summed E-state index contributed by atoms with van der Waals surface area (Å²) in [6.45, 7) is 8.41. The van der Waals surface area contributed by atoms with Crippen LogP contribution in [0.4, 0.5) is 0 Å². The van der Waals surface area contributed by atoms with Gasteiger partial charge in [-0.25, -0.2) is 13.2 Å². The second-order valence-electron chi connectivity index (χ2n) is 5.96. The fraction of sp³-hybridized carbons (Fsp3) is 0.562. The van der Waals surface area contributed by atoms with E-state index in [4.69, 9.17) is 9.15 Å². The van der Waals surface area contributed by atoms with Crippen molar-refractivity contribution < 1.29 is 22.4 Å². The molecular formula is C16H25NO5S. The van der Waals surface area contributed by atoms with E-state index >= 15 is 0 Å². The van der Waals surface area contributed by atoms with Crippen LogP contribution in [-0.2, 0) is 19.6 Å². The first kappa shape index (κ1) is 19.4. The highest BCUT2D eigenvalue weighted by molar-refractivity contribution is 7.90. The molecule has 1 atom stereocenters. The van der Waals surface area contributed by atoms with Gasteiger partial charge in [-0.3, -0.25) is 0 Å². The Morgan fingerprint density at radius 1 is 1.39 bits per heavy atom. The molecule has 1 rings (SSSR count). The highest BCUT2D eigenvalue weighted by Crippen LogP contribution is 2.24. The molecule has 0 aromatic carbocycles. The molecule has 7 heteroatoms. The lowest BCUT2D eigenvalue weighted by atomic mass is 10.0. The van der Waals surface area contributed by atoms with Crippen molar-refractivity contribution in [3.8, 4) is 0 Å². The van der Waals surface area contributed by atoms with E-state index in [-0.39, 0.29) is 6.61 Å². The van der Waals surface area contributed by atoms with Gasteiger partial charge in [0.05, 0.1) is 17.6 Å². The molecule has 0 amide bonds. The van der Waals surface area contributed by atoms with Crippen LogP contribution in [0.5, 0.6) is 0 Å². The summed E-state index contributed by atoms with van der Waals surface area (Å²) in [6, 6.07) is 2.21. The average molecular weight is 343 g/mol. The molecule has 0 fully saturated rings. The maximum absolute atomic E-state index is 12.5. The fourth-order valence-electron chi connectivity index (χ4n) is 1.82. The van der Waals surface area contributed by atoms with Crippen molar-refractivity contribution in [3.63, 3.8) is 0 Å². The monoisotopic (exact) mass is 343 g/mol. The van der Waals surface area contributed by atoms with E-state index < -0.39 is 26.8 Å². The largest absolute Gasteiger partial charge is 0.465 e. The molecule has 1 heterocycles. The Kier molecular flexibility index (Phi) is 6.58. The van der Waals surface area contributed by atoms with Crippen LogP contribution in [0.2, 0.25) is 0 Å². The van der Waals surface area contributed by atoms with Crippen LogP contribution in [0.15, 0.2) is 28.9 Å². The number of nitrogens with one attached hydrogen (secondary N) is 1. The van der Waals surface area contributed by atoms with Crippen LogP contribution in [0, 0.1) is 0 Å². The van der Waals surface area contributed by atoms with Gasteiger partial charge in [-0.15, -0.1) is 0 Å². The second kappa shape index (κ2) is 7.79. The molecule has 0 radical (unpaired) electrons. The molecule has 1 aromatic heterocycles. The van der Waals surface area contributed by atoms with Gasteiger partial charge in [-0.1, -0.05) is 13.0 Å². The Hall–Kier alpha value is -1.60. The molecular weight excluding hydrogens is 318 g/mol. The van der Waals surface area contributed by atoms with E-state index in [0.29, 0.717) is 17.8 Å². The van der Waals surface area contributed by atoms with Crippen LogP contribution >= 0.6 is 0 Å². The molecule has 0 bridgehead atoms. The zero-order valence-electron chi connectivity index (χ0n) is 14.3. The first-order valence-electron chi connectivity index (χ1n) is 7.56. The molecule has 0 saturated carbocycles. The minimum absolute atomic E-state index is 0.157. The molecule has 1 N–H and O–H groups in total. The molecule has 0 spiro atoms. The Bertz CT molecular complexity index is 639. The summed E-state index contributed by atoms with van der Waals surface area (Å²) in [5, 5.41) is 0. The highest BCUT2D eigenvalue weighted by Gasteiger charge is 2.36. The third-order valence-electron chi connectivity index (χ3n) is 3.14. The predicted molar refractivity (Wildman–Crippen MR) is 89.2 cm³/mol. The summed E-state index contributed by atoms with van der Waals surface area (Å²) in [5.74, 6) is -0.224. The summed E-state index contributed by atoms with van der Waals surface area (Å²) in [6.07, 6.45) is 3.84. The van der Waals surface area contributed by atoms with E-state index in [2.05, 4.69) is 4.72 Å². The summed E-state index contributed by atoms with van der Waals surface area (Å²) in [5.41, 5.74) is 0.448. The van der Waals surface area contributed by atoms with Gasteiger partial charge in [0.25, 0.3) is 0 Å². The highest BCUT2D eigenvalue weighted by atomic mass is 32.2. The Morgan fingerprint density at radius 3 is 2.48 bits per heavy atom. The number of ether oxygens (including phenoxy) is 1. The SMILES string of the molecule is CC/C=C(\c1ccco1)[C@H](NS(=O)(=O)C(C)(C)C)C(=O)OCC. The van der Waals surface area contributed by atoms with Gasteiger partial charge in [0, 0.05) is 5.57 Å². The number of rotatable bonds is 7. The van der Waals surface area contributed by atoms with Crippen molar-refractivity contribution >= 4 is 21.6 Å². The van der Waals surface area contributed by atoms with Gasteiger partial charge in [0.2, 0.25) is 10.0 Å². The van der Waals surface area contributed by atoms with Gasteiger partial charge in [-0.05, 0) is 46.2 Å². The van der Waals surface area contributed by atoms with Crippen LogP contribution in [0.3, 0.4) is 0 Å². The maximum Gasteiger partial charge on any atom is 0.328 e. The van der Waals surface area contributed by atoms with Crippen molar-refractivity contribution in [2.24, 2.45) is 0 Å². The van der Waals surface area contributed by atoms with Crippen LogP contribution in [-0.4, -0.2) is 31.8 Å². The van der Waals surface area contributed by atoms with E-state index in [1.165, 1.54) is 6.26 Å². The van der Waals surface area contributed by atoms with E-state index in [9.17, 15) is 13.2 Å². The van der Waals surface area contributed by atoms with Crippen molar-refractivity contribution in [3.05, 3.63) is 30.2 Å². The topological polar surface area (TPSA) is 85.6 Å². The second-order valence-corrected chi connectivity index (χ2v) is 8.43. The lowest BCUT2D eigenvalue weighted by Gasteiger charge is -2.25. The van der Waals surface area contributed by atoms with E-state index in [1.54, 1.807) is 45.9 Å². The van der Waals surface area contributed by atoms with Gasteiger partial charge in [0.1, 0.15) is 11.8 Å². The lowest BCUT2D eigenvalue weighted by molar-refractivity contribution is -0.143. The Labute approximate surface area is 138 Å². The molecule has 6 nitrogen and oxygen atoms in total. The summed E-state index contributed by atoms with van der Waals surface area (Å²) in [4.78, 5) is 12.3. The van der Waals surface area contributed by atoms with Gasteiger partial charge < -0.3 is 9.15 Å². The Balaban J connectivity index is 3.30. The van der Waals surface area contributed by atoms with Crippen molar-refractivity contribution in [1.29, 1.82) is 0 Å². The van der Waals surface area contributed by atoms with E-state index in [1.807, 2.05) is 6.92 Å². The van der Waals surface area contributed by atoms with Gasteiger partial charge in [0.15, 0.2) is 0 Å². The van der Waals surface area contributed by atoms with Crippen LogP contribution < -0.4 is 4.72 Å². The normalized spacial score (nSPS) is 14.6. The Morgan fingerprint density at radius 2 is 2.04 bits per heavy atom. The molecule has 0 saturated heterocycles. The van der Waals surface area contributed by atoms with Gasteiger partial charge >= 0.3 is 5.97 Å². The third-order valence-corrected chi connectivity index (χ3v) is 5.30. The number of sulfonamides is 1. The molecule has 0 unspecified atom stereocenters. The summed E-state index contributed by atoms with van der Waals surface area (Å²) >= 11 is 0. The number of carbonyl (C=O) groups is 1. The summed E-state index contributed by atoms with van der Waals surface area (Å²) in [7, 11) is -3.75. The standard InChI is InChI=1S/C16H25NO5S/c1-6-9-12(13-10-8-11-22-13)14(15(18)21-7-2)17-23(19,20)16(3,4)5/h8-11,14,17H,6-7H2,1-5H3/b12-9+/t14-/m0/s1. The van der Waals surface area contributed by atoms with Gasteiger partial charge in [-0.2, -0.15) is 4.72 Å². The van der Waals surface area contributed by atoms with Crippen molar-refractivity contribution in [1.82, 2.24) is 4.72 Å². The van der Waals surface area contributed by atoms with Crippen molar-refractivity contribution in [2.75, 3.05) is 6.61 Å². The molecule has 0 aliphatic heterocycles. The zero-order valence-corrected chi connectivity index (χ0v) is 15.1. The minimum atomic E-state index is -3.75. The van der Waals surface area contributed by atoms with Crippen LogP contribution in [0.1, 0.15) is 46.8 Å². The fourth-order valence-corrected chi connectivity index (χ4v) is 2.71. The molecule has 0 aliphatic rings. The summed E-state index contributed by atoms with van der Waals surface area (Å²) < 4.78 is 36.7. The molecule has 130 valence electrons. The molecule has 23 heavy (non-hydrogen) atoms. The number of hydrogen-bond acceptors (Lipinski definition) is 5. The lowest BCUT2D eigenvalue weighted by Crippen LogP contribution is -2.49. The number of allylic oxidation sites excluding steroid dienone is 1. The average Bonchev–Trinajstić information content (AvgIpc) is 2.95. The molecule has 1 aromatic rings. The van der Waals surface area contributed by atoms with E-state index in [0.717, 1.165) is 0 Å². The first-order chi connectivity index (χ1) is 10.6. The number of carbonyl (C=O) groups excluding carboxylic acids is 1. The maximum atomic E-state index is 12.5. The van der Waals surface area contributed by atoms with Crippen molar-refractivity contribution in [2.45, 2.75) is 51.8 Å². The predicted octanol–water partition coefficient (Wildman–Crippen LogP) is 2.72. The quantitative estimate of drug-likeness (QED) is 0.769. The number of hydrogen-bond donors (Lipinski definition) is 1. The zero-order chi connectivity index (χ0) is 17.7. The van der Waals surface area contributed by atoms with Crippen LogP contribution in [0.25, 0.3) is 5.57 Å². The first-order valence-corrected chi connectivity index (χ1v) is 9.04. The number of furan rings is 1. The third kappa shape index (κ3) is 4.94. The number of esters is 1. The molecule has 0 aliphatic carbocycles. The minimum Gasteiger partial charge on any atom is -0.465 e.